The third-order valence-electron chi connectivity index (χ3n) is 3.20. The number of hydrogen-bond acceptors (Lipinski definition) is 2. The first kappa shape index (κ1) is 14.2. The van der Waals surface area contributed by atoms with Crippen molar-refractivity contribution in [3.05, 3.63) is 35.4 Å². The smallest absolute Gasteiger partial charge is 0.0233 e. The van der Waals surface area contributed by atoms with Gasteiger partial charge in [-0.25, -0.2) is 0 Å². The molecule has 1 aromatic carbocycles. The number of aryl methyl sites for hydroxylation is 1. The van der Waals surface area contributed by atoms with Crippen molar-refractivity contribution in [3.63, 3.8) is 0 Å². The van der Waals surface area contributed by atoms with Gasteiger partial charge in [0.1, 0.15) is 0 Å². The zero-order valence-electron chi connectivity index (χ0n) is 11.7. The van der Waals surface area contributed by atoms with Crippen LogP contribution < -0.4 is 5.32 Å². The van der Waals surface area contributed by atoms with Crippen LogP contribution in [0.3, 0.4) is 0 Å². The largest absolute Gasteiger partial charge is 0.314 e. The summed E-state index contributed by atoms with van der Waals surface area (Å²) in [5, 5.41) is 3.45. The van der Waals surface area contributed by atoms with Crippen LogP contribution in [0.2, 0.25) is 0 Å². The lowest BCUT2D eigenvalue weighted by atomic mass is 10.1. The molecule has 0 bridgehead atoms. The van der Waals surface area contributed by atoms with Gasteiger partial charge in [-0.1, -0.05) is 31.2 Å². The molecule has 0 saturated heterocycles. The lowest BCUT2D eigenvalue weighted by Gasteiger charge is -2.20. The van der Waals surface area contributed by atoms with E-state index in [1.165, 1.54) is 17.5 Å². The second kappa shape index (κ2) is 7.46. The second-order valence-corrected chi connectivity index (χ2v) is 4.91. The first-order valence-electron chi connectivity index (χ1n) is 6.60. The van der Waals surface area contributed by atoms with Crippen molar-refractivity contribution >= 4 is 0 Å². The van der Waals surface area contributed by atoms with Gasteiger partial charge in [0, 0.05) is 12.6 Å². The van der Waals surface area contributed by atoms with Gasteiger partial charge in [-0.3, -0.25) is 0 Å². The van der Waals surface area contributed by atoms with E-state index in [0.717, 1.165) is 19.6 Å². The highest BCUT2D eigenvalue weighted by atomic mass is 15.1. The molecular formula is C15H26N2. The highest BCUT2D eigenvalue weighted by molar-refractivity contribution is 5.25. The molecule has 96 valence electrons. The van der Waals surface area contributed by atoms with Crippen LogP contribution in [0.25, 0.3) is 0 Å². The summed E-state index contributed by atoms with van der Waals surface area (Å²) in [6, 6.07) is 9.24. The molecule has 2 heteroatoms. The monoisotopic (exact) mass is 234 g/mol. The fourth-order valence-corrected chi connectivity index (χ4v) is 2.02. The molecule has 0 saturated carbocycles. The summed E-state index contributed by atoms with van der Waals surface area (Å²) in [4.78, 5) is 2.40. The topological polar surface area (TPSA) is 15.3 Å². The Bertz CT molecular complexity index is 322. The Kier molecular flexibility index (Phi) is 6.23. The van der Waals surface area contributed by atoms with Crippen LogP contribution in [0.5, 0.6) is 0 Å². The molecule has 17 heavy (non-hydrogen) atoms. The predicted octanol–water partition coefficient (Wildman–Crippen LogP) is 2.81. The number of nitrogens with one attached hydrogen (secondary N) is 1. The van der Waals surface area contributed by atoms with Gasteiger partial charge >= 0.3 is 0 Å². The third kappa shape index (κ3) is 5.33. The van der Waals surface area contributed by atoms with E-state index in [2.05, 4.69) is 62.3 Å². The fraction of sp³-hybridized carbons (Fsp3) is 0.600. The summed E-state index contributed by atoms with van der Waals surface area (Å²) < 4.78 is 0. The molecule has 1 N–H and O–H groups in total. The van der Waals surface area contributed by atoms with Gasteiger partial charge in [-0.2, -0.15) is 0 Å². The molecule has 1 unspecified atom stereocenters. The van der Waals surface area contributed by atoms with Crippen molar-refractivity contribution in [3.8, 4) is 0 Å². The molecule has 0 aliphatic carbocycles. The van der Waals surface area contributed by atoms with Crippen LogP contribution in [0.4, 0.5) is 0 Å². The molecule has 0 aliphatic rings. The Morgan fingerprint density at radius 1 is 1.29 bits per heavy atom. The first-order valence-corrected chi connectivity index (χ1v) is 6.60. The standard InChI is InChI=1S/C15H26N2/c1-5-16-14(3)10-11-17(4)12-15-9-7-6-8-13(15)2/h6-9,14,16H,5,10-12H2,1-4H3. The van der Waals surface area contributed by atoms with Crippen molar-refractivity contribution < 1.29 is 0 Å². The quantitative estimate of drug-likeness (QED) is 0.780. The molecule has 0 amide bonds. The zero-order chi connectivity index (χ0) is 12.7. The molecule has 0 spiro atoms. The molecule has 1 aromatic rings. The van der Waals surface area contributed by atoms with Gasteiger partial charge in [-0.05, 0) is 51.5 Å². The van der Waals surface area contributed by atoms with Crippen molar-refractivity contribution in [1.82, 2.24) is 10.2 Å². The minimum Gasteiger partial charge on any atom is -0.314 e. The number of rotatable bonds is 7. The van der Waals surface area contributed by atoms with Crippen LogP contribution in [0, 0.1) is 6.92 Å². The fourth-order valence-electron chi connectivity index (χ4n) is 2.02. The third-order valence-corrected chi connectivity index (χ3v) is 3.20. The Hall–Kier alpha value is -0.860. The van der Waals surface area contributed by atoms with Crippen LogP contribution in [0.1, 0.15) is 31.4 Å². The SMILES string of the molecule is CCNC(C)CCN(C)Cc1ccccc1C. The van der Waals surface area contributed by atoms with E-state index in [1.807, 2.05) is 0 Å². The van der Waals surface area contributed by atoms with Gasteiger partial charge in [0.05, 0.1) is 0 Å². The molecule has 0 fully saturated rings. The molecule has 0 aromatic heterocycles. The summed E-state index contributed by atoms with van der Waals surface area (Å²) in [6.07, 6.45) is 1.20. The highest BCUT2D eigenvalue weighted by Crippen LogP contribution is 2.09. The van der Waals surface area contributed by atoms with Crippen molar-refractivity contribution in [2.75, 3.05) is 20.1 Å². The number of benzene rings is 1. The molecule has 1 rings (SSSR count). The zero-order valence-corrected chi connectivity index (χ0v) is 11.7. The van der Waals surface area contributed by atoms with Crippen LogP contribution >= 0.6 is 0 Å². The summed E-state index contributed by atoms with van der Waals surface area (Å²) in [5.41, 5.74) is 2.82. The van der Waals surface area contributed by atoms with Gasteiger partial charge in [-0.15, -0.1) is 0 Å². The lowest BCUT2D eigenvalue weighted by Crippen LogP contribution is -2.30. The van der Waals surface area contributed by atoms with Gasteiger partial charge in [0.2, 0.25) is 0 Å². The molecule has 1 atom stereocenters. The summed E-state index contributed by atoms with van der Waals surface area (Å²) in [7, 11) is 2.20. The molecular weight excluding hydrogens is 208 g/mol. The molecule has 0 heterocycles. The summed E-state index contributed by atoms with van der Waals surface area (Å²) in [6.45, 7) is 9.85. The molecule has 2 nitrogen and oxygen atoms in total. The Morgan fingerprint density at radius 3 is 2.65 bits per heavy atom. The number of nitrogens with zero attached hydrogens (tertiary/aromatic N) is 1. The minimum absolute atomic E-state index is 0.610. The Morgan fingerprint density at radius 2 is 2.00 bits per heavy atom. The van der Waals surface area contributed by atoms with E-state index in [9.17, 15) is 0 Å². The van der Waals surface area contributed by atoms with E-state index < -0.39 is 0 Å². The van der Waals surface area contributed by atoms with Crippen LogP contribution in [-0.4, -0.2) is 31.1 Å². The van der Waals surface area contributed by atoms with Gasteiger partial charge < -0.3 is 10.2 Å². The maximum absolute atomic E-state index is 3.45. The van der Waals surface area contributed by atoms with Crippen molar-refractivity contribution in [2.45, 2.75) is 39.8 Å². The van der Waals surface area contributed by atoms with E-state index in [4.69, 9.17) is 0 Å². The average molecular weight is 234 g/mol. The first-order chi connectivity index (χ1) is 8.13. The maximum Gasteiger partial charge on any atom is 0.0233 e. The number of hydrogen-bond donors (Lipinski definition) is 1. The van der Waals surface area contributed by atoms with E-state index in [1.54, 1.807) is 0 Å². The van der Waals surface area contributed by atoms with E-state index in [-0.39, 0.29) is 0 Å². The Labute approximate surface area is 106 Å². The molecule has 0 aliphatic heterocycles. The lowest BCUT2D eigenvalue weighted by molar-refractivity contribution is 0.304. The second-order valence-electron chi connectivity index (χ2n) is 4.91. The summed E-state index contributed by atoms with van der Waals surface area (Å²) in [5.74, 6) is 0. The van der Waals surface area contributed by atoms with Gasteiger partial charge in [0.25, 0.3) is 0 Å². The van der Waals surface area contributed by atoms with Crippen molar-refractivity contribution in [2.24, 2.45) is 0 Å². The average Bonchev–Trinajstić information content (AvgIpc) is 2.30. The predicted molar refractivity (Wildman–Crippen MR) is 75.3 cm³/mol. The minimum atomic E-state index is 0.610. The van der Waals surface area contributed by atoms with Crippen molar-refractivity contribution in [1.29, 1.82) is 0 Å². The Balaban J connectivity index is 2.34. The molecule has 0 radical (unpaired) electrons. The highest BCUT2D eigenvalue weighted by Gasteiger charge is 2.05. The van der Waals surface area contributed by atoms with Crippen LogP contribution in [-0.2, 0) is 6.54 Å². The van der Waals surface area contributed by atoms with E-state index >= 15 is 0 Å². The van der Waals surface area contributed by atoms with Gasteiger partial charge in [0.15, 0.2) is 0 Å². The van der Waals surface area contributed by atoms with Crippen LogP contribution in [0.15, 0.2) is 24.3 Å². The maximum atomic E-state index is 3.45. The van der Waals surface area contributed by atoms with E-state index in [0.29, 0.717) is 6.04 Å². The summed E-state index contributed by atoms with van der Waals surface area (Å²) >= 11 is 0. The normalized spacial score (nSPS) is 13.0.